The summed E-state index contributed by atoms with van der Waals surface area (Å²) in [4.78, 5) is 0. The van der Waals surface area contributed by atoms with Crippen molar-refractivity contribution >= 4 is 31.6 Å². The lowest BCUT2D eigenvalue weighted by atomic mass is 10.2. The van der Waals surface area contributed by atoms with Crippen LogP contribution in [-0.4, -0.2) is 27.3 Å². The Bertz CT molecular complexity index is 489. The lowest BCUT2D eigenvalue weighted by Crippen LogP contribution is -2.27. The molecule has 102 valence electrons. The summed E-state index contributed by atoms with van der Waals surface area (Å²) in [7, 11) is -3.30. The van der Waals surface area contributed by atoms with Crippen LogP contribution < -0.4 is 10.0 Å². The van der Waals surface area contributed by atoms with E-state index in [-0.39, 0.29) is 5.75 Å². The number of nitrogens with one attached hydrogen (secondary N) is 2. The highest BCUT2D eigenvalue weighted by atomic mass is 79.9. The average Bonchev–Trinajstić information content (AvgIpc) is 2.31. The van der Waals surface area contributed by atoms with Crippen molar-refractivity contribution in [1.29, 1.82) is 0 Å². The van der Waals surface area contributed by atoms with Gasteiger partial charge in [-0.05, 0) is 47.4 Å². The Morgan fingerprint density at radius 3 is 2.67 bits per heavy atom. The quantitative estimate of drug-likeness (QED) is 0.753. The van der Waals surface area contributed by atoms with Crippen LogP contribution in [0.2, 0.25) is 0 Å². The molecule has 1 aromatic rings. The third kappa shape index (κ3) is 4.96. The summed E-state index contributed by atoms with van der Waals surface area (Å²) in [6, 6.07) is 5.49. The summed E-state index contributed by atoms with van der Waals surface area (Å²) in [5, 5.41) is 3.07. The van der Waals surface area contributed by atoms with E-state index in [1.807, 2.05) is 26.0 Å². The second kappa shape index (κ2) is 7.11. The maximum Gasteiger partial charge on any atom is 0.234 e. The lowest BCUT2D eigenvalue weighted by molar-refractivity contribution is 0.595. The fourth-order valence-electron chi connectivity index (χ4n) is 1.45. The van der Waals surface area contributed by atoms with Crippen molar-refractivity contribution in [3.8, 4) is 0 Å². The highest BCUT2D eigenvalue weighted by Gasteiger charge is 2.12. The molecule has 0 atom stereocenters. The number of aryl methyl sites for hydroxylation is 1. The molecule has 0 bridgehead atoms. The van der Waals surface area contributed by atoms with Gasteiger partial charge in [0, 0.05) is 11.0 Å². The van der Waals surface area contributed by atoms with Crippen LogP contribution in [0.4, 0.5) is 5.69 Å². The van der Waals surface area contributed by atoms with E-state index in [1.54, 1.807) is 6.07 Å². The Labute approximate surface area is 117 Å². The van der Waals surface area contributed by atoms with Crippen LogP contribution in [-0.2, 0) is 10.0 Å². The fourth-order valence-corrected chi connectivity index (χ4v) is 2.97. The van der Waals surface area contributed by atoms with Gasteiger partial charge in [-0.2, -0.15) is 0 Å². The number of halogens is 1. The Morgan fingerprint density at radius 2 is 2.00 bits per heavy atom. The minimum atomic E-state index is -3.30. The first-order valence-corrected chi connectivity index (χ1v) is 8.37. The maximum absolute atomic E-state index is 11.9. The SMILES string of the molecule is CCCNCCS(=O)(=O)Nc1cccc(C)c1Br. The van der Waals surface area contributed by atoms with Crippen LogP contribution >= 0.6 is 15.9 Å². The van der Waals surface area contributed by atoms with Gasteiger partial charge in [-0.15, -0.1) is 0 Å². The zero-order valence-electron chi connectivity index (χ0n) is 10.7. The van der Waals surface area contributed by atoms with Gasteiger partial charge in [0.2, 0.25) is 10.0 Å². The topological polar surface area (TPSA) is 58.2 Å². The molecular weight excluding hydrogens is 316 g/mol. The monoisotopic (exact) mass is 334 g/mol. The molecule has 0 radical (unpaired) electrons. The van der Waals surface area contributed by atoms with Crippen molar-refractivity contribution < 1.29 is 8.42 Å². The van der Waals surface area contributed by atoms with Gasteiger partial charge >= 0.3 is 0 Å². The molecule has 0 amide bonds. The predicted molar refractivity (Wildman–Crippen MR) is 79.4 cm³/mol. The van der Waals surface area contributed by atoms with E-state index in [9.17, 15) is 8.42 Å². The van der Waals surface area contributed by atoms with Gasteiger partial charge < -0.3 is 5.32 Å². The van der Waals surface area contributed by atoms with E-state index < -0.39 is 10.0 Å². The summed E-state index contributed by atoms with van der Waals surface area (Å²) in [6.45, 7) is 5.27. The molecule has 0 saturated carbocycles. The molecule has 4 nitrogen and oxygen atoms in total. The number of benzene rings is 1. The van der Waals surface area contributed by atoms with Crippen molar-refractivity contribution in [1.82, 2.24) is 5.32 Å². The zero-order chi connectivity index (χ0) is 13.6. The van der Waals surface area contributed by atoms with E-state index in [0.717, 1.165) is 23.0 Å². The molecule has 2 N–H and O–H groups in total. The van der Waals surface area contributed by atoms with Gasteiger partial charge in [-0.1, -0.05) is 19.1 Å². The number of hydrogen-bond donors (Lipinski definition) is 2. The van der Waals surface area contributed by atoms with Crippen molar-refractivity contribution in [2.75, 3.05) is 23.6 Å². The first kappa shape index (κ1) is 15.5. The molecule has 0 aliphatic rings. The Kier molecular flexibility index (Phi) is 6.11. The molecule has 0 aromatic heterocycles. The van der Waals surface area contributed by atoms with Crippen LogP contribution in [0.5, 0.6) is 0 Å². The Balaban J connectivity index is 2.62. The summed E-state index contributed by atoms with van der Waals surface area (Å²) in [5.41, 5.74) is 1.59. The van der Waals surface area contributed by atoms with Crippen LogP contribution in [0.25, 0.3) is 0 Å². The molecular formula is C12H19BrN2O2S. The number of sulfonamides is 1. The molecule has 0 spiro atoms. The van der Waals surface area contributed by atoms with E-state index in [4.69, 9.17) is 0 Å². The molecule has 0 saturated heterocycles. The number of rotatable bonds is 7. The van der Waals surface area contributed by atoms with Crippen LogP contribution in [0.3, 0.4) is 0 Å². The summed E-state index contributed by atoms with van der Waals surface area (Å²) in [6.07, 6.45) is 0.997. The standard InChI is InChI=1S/C12H19BrN2O2S/c1-3-7-14-8-9-18(16,17)15-11-6-4-5-10(2)12(11)13/h4-6,14-15H,3,7-9H2,1-2H3. The summed E-state index contributed by atoms with van der Waals surface area (Å²) < 4.78 is 27.1. The predicted octanol–water partition coefficient (Wildman–Crippen LogP) is 2.50. The smallest absolute Gasteiger partial charge is 0.234 e. The molecule has 0 aliphatic carbocycles. The van der Waals surface area contributed by atoms with Gasteiger partial charge in [-0.3, -0.25) is 4.72 Å². The van der Waals surface area contributed by atoms with Gasteiger partial charge in [0.25, 0.3) is 0 Å². The van der Waals surface area contributed by atoms with Gasteiger partial charge in [0.05, 0.1) is 11.4 Å². The van der Waals surface area contributed by atoms with Crippen LogP contribution in [0, 0.1) is 6.92 Å². The van der Waals surface area contributed by atoms with E-state index in [0.29, 0.717) is 12.2 Å². The molecule has 6 heteroatoms. The van der Waals surface area contributed by atoms with Crippen molar-refractivity contribution in [3.05, 3.63) is 28.2 Å². The Morgan fingerprint density at radius 1 is 1.28 bits per heavy atom. The largest absolute Gasteiger partial charge is 0.316 e. The van der Waals surface area contributed by atoms with Crippen molar-refractivity contribution in [2.24, 2.45) is 0 Å². The van der Waals surface area contributed by atoms with E-state index >= 15 is 0 Å². The first-order chi connectivity index (χ1) is 8.46. The summed E-state index contributed by atoms with van der Waals surface area (Å²) in [5.74, 6) is 0.0768. The molecule has 18 heavy (non-hydrogen) atoms. The first-order valence-electron chi connectivity index (χ1n) is 5.92. The van der Waals surface area contributed by atoms with Crippen LogP contribution in [0.1, 0.15) is 18.9 Å². The number of hydrogen-bond acceptors (Lipinski definition) is 3. The summed E-state index contributed by atoms with van der Waals surface area (Å²) >= 11 is 3.38. The Hall–Kier alpha value is -0.590. The second-order valence-corrected chi connectivity index (χ2v) is 6.74. The average molecular weight is 335 g/mol. The zero-order valence-corrected chi connectivity index (χ0v) is 13.1. The molecule has 1 aromatic carbocycles. The van der Waals surface area contributed by atoms with Gasteiger partial charge in [-0.25, -0.2) is 8.42 Å². The molecule has 0 heterocycles. The molecule has 0 aliphatic heterocycles. The van der Waals surface area contributed by atoms with Gasteiger partial charge in [0.15, 0.2) is 0 Å². The lowest BCUT2D eigenvalue weighted by Gasteiger charge is -2.11. The van der Waals surface area contributed by atoms with E-state index in [1.165, 1.54) is 0 Å². The molecule has 0 unspecified atom stereocenters. The minimum Gasteiger partial charge on any atom is -0.316 e. The second-order valence-electron chi connectivity index (χ2n) is 4.11. The molecule has 1 rings (SSSR count). The van der Waals surface area contributed by atoms with Gasteiger partial charge in [0.1, 0.15) is 0 Å². The number of anilines is 1. The molecule has 0 fully saturated rings. The normalized spacial score (nSPS) is 11.5. The minimum absolute atomic E-state index is 0.0768. The van der Waals surface area contributed by atoms with E-state index in [2.05, 4.69) is 26.0 Å². The van der Waals surface area contributed by atoms with Crippen molar-refractivity contribution in [2.45, 2.75) is 20.3 Å². The third-order valence-corrected chi connectivity index (χ3v) is 4.76. The van der Waals surface area contributed by atoms with Crippen molar-refractivity contribution in [3.63, 3.8) is 0 Å². The maximum atomic E-state index is 11.9. The fraction of sp³-hybridized carbons (Fsp3) is 0.500. The highest BCUT2D eigenvalue weighted by Crippen LogP contribution is 2.26. The highest BCUT2D eigenvalue weighted by molar-refractivity contribution is 9.10. The third-order valence-electron chi connectivity index (χ3n) is 2.43. The van der Waals surface area contributed by atoms with Crippen LogP contribution in [0.15, 0.2) is 22.7 Å².